The molecule has 1 unspecified atom stereocenters. The fourth-order valence-electron chi connectivity index (χ4n) is 2.75. The number of amides is 3. The Morgan fingerprint density at radius 1 is 1.10 bits per heavy atom. The Kier molecular flexibility index (Phi) is 6.61. The molecule has 1 heterocycles. The van der Waals surface area contributed by atoms with Crippen LogP contribution in [0.5, 0.6) is 11.5 Å². The van der Waals surface area contributed by atoms with Crippen molar-refractivity contribution in [3.63, 3.8) is 0 Å². The lowest BCUT2D eigenvalue weighted by atomic mass is 10.2. The number of hydrogen-bond acceptors (Lipinski definition) is 6. The van der Waals surface area contributed by atoms with Crippen molar-refractivity contribution >= 4 is 35.2 Å². The van der Waals surface area contributed by atoms with E-state index in [0.29, 0.717) is 34.4 Å². The zero-order chi connectivity index (χ0) is 20.8. The first kappa shape index (κ1) is 20.5. The van der Waals surface area contributed by atoms with Gasteiger partial charge in [0.15, 0.2) is 6.61 Å². The molecule has 3 rings (SSSR count). The van der Waals surface area contributed by atoms with Crippen LogP contribution in [0.15, 0.2) is 48.5 Å². The fraction of sp³-hybridized carbons (Fsp3) is 0.250. The SMILES string of the molecule is COc1ccc(NC(=O)C2CSCN2C(=O)COc2ccc(C(N)=O)cc2)cc1. The number of primary amides is 1. The summed E-state index contributed by atoms with van der Waals surface area (Å²) in [7, 11) is 1.57. The molecule has 1 aliphatic heterocycles. The minimum atomic E-state index is -0.574. The second-order valence-electron chi connectivity index (χ2n) is 6.27. The van der Waals surface area contributed by atoms with E-state index in [1.165, 1.54) is 28.8 Å². The van der Waals surface area contributed by atoms with Crippen molar-refractivity contribution in [2.75, 3.05) is 30.7 Å². The molecule has 0 saturated carbocycles. The molecule has 0 spiro atoms. The van der Waals surface area contributed by atoms with Crippen LogP contribution in [0.25, 0.3) is 0 Å². The van der Waals surface area contributed by atoms with Crippen LogP contribution in [0.2, 0.25) is 0 Å². The monoisotopic (exact) mass is 415 g/mol. The second kappa shape index (κ2) is 9.33. The first-order valence-electron chi connectivity index (χ1n) is 8.82. The summed E-state index contributed by atoms with van der Waals surface area (Å²) in [6.45, 7) is -0.206. The number of nitrogens with zero attached hydrogens (tertiary/aromatic N) is 1. The average Bonchev–Trinajstić information content (AvgIpc) is 3.23. The highest BCUT2D eigenvalue weighted by Crippen LogP contribution is 2.23. The maximum absolute atomic E-state index is 12.6. The van der Waals surface area contributed by atoms with Crippen LogP contribution in [-0.4, -0.2) is 54.0 Å². The summed E-state index contributed by atoms with van der Waals surface area (Å²) in [5.41, 5.74) is 6.18. The molecule has 152 valence electrons. The van der Waals surface area contributed by atoms with E-state index in [9.17, 15) is 14.4 Å². The van der Waals surface area contributed by atoms with E-state index < -0.39 is 11.9 Å². The van der Waals surface area contributed by atoms with E-state index in [1.807, 2.05) is 0 Å². The zero-order valence-electron chi connectivity index (χ0n) is 15.8. The smallest absolute Gasteiger partial charge is 0.261 e. The van der Waals surface area contributed by atoms with Gasteiger partial charge in [0, 0.05) is 17.0 Å². The molecule has 0 aromatic heterocycles. The molecular weight excluding hydrogens is 394 g/mol. The fourth-order valence-corrected chi connectivity index (χ4v) is 3.93. The number of anilines is 1. The molecular formula is C20H21N3O5S. The number of thioether (sulfide) groups is 1. The number of rotatable bonds is 7. The predicted molar refractivity (Wildman–Crippen MR) is 110 cm³/mol. The van der Waals surface area contributed by atoms with Gasteiger partial charge in [-0.2, -0.15) is 0 Å². The van der Waals surface area contributed by atoms with E-state index in [1.54, 1.807) is 43.5 Å². The standard InChI is InChI=1S/C20H21N3O5S/c1-27-15-8-4-14(5-9-15)22-20(26)17-11-29-12-23(17)18(24)10-28-16-6-2-13(3-7-16)19(21)25/h2-9,17H,10-12H2,1H3,(H2,21,25)(H,22,26). The van der Waals surface area contributed by atoms with E-state index >= 15 is 0 Å². The quantitative estimate of drug-likeness (QED) is 0.712. The molecule has 0 radical (unpaired) electrons. The number of nitrogens with two attached hydrogens (primary N) is 1. The van der Waals surface area contributed by atoms with Crippen LogP contribution in [0, 0.1) is 0 Å². The molecule has 8 nitrogen and oxygen atoms in total. The van der Waals surface area contributed by atoms with E-state index in [-0.39, 0.29) is 18.4 Å². The van der Waals surface area contributed by atoms with Gasteiger partial charge < -0.3 is 25.4 Å². The van der Waals surface area contributed by atoms with Gasteiger partial charge in [0.1, 0.15) is 17.5 Å². The molecule has 9 heteroatoms. The molecule has 2 aromatic rings. The number of nitrogens with one attached hydrogen (secondary N) is 1. The van der Waals surface area contributed by atoms with Gasteiger partial charge in [-0.1, -0.05) is 0 Å². The predicted octanol–water partition coefficient (Wildman–Crippen LogP) is 1.71. The molecule has 1 fully saturated rings. The second-order valence-corrected chi connectivity index (χ2v) is 7.27. The Hall–Kier alpha value is -3.20. The first-order chi connectivity index (χ1) is 14.0. The largest absolute Gasteiger partial charge is 0.497 e. The van der Waals surface area contributed by atoms with Crippen LogP contribution in [0.4, 0.5) is 5.69 Å². The van der Waals surface area contributed by atoms with Gasteiger partial charge in [0.05, 0.1) is 13.0 Å². The summed E-state index contributed by atoms with van der Waals surface area (Å²) in [6, 6.07) is 12.6. The van der Waals surface area contributed by atoms with Crippen molar-refractivity contribution in [2.24, 2.45) is 5.73 Å². The van der Waals surface area contributed by atoms with Gasteiger partial charge in [-0.25, -0.2) is 0 Å². The Morgan fingerprint density at radius 3 is 2.38 bits per heavy atom. The summed E-state index contributed by atoms with van der Waals surface area (Å²) >= 11 is 1.51. The molecule has 1 aliphatic rings. The third-order valence-corrected chi connectivity index (χ3v) is 5.38. The van der Waals surface area contributed by atoms with Gasteiger partial charge >= 0.3 is 0 Å². The Labute approximate surface area is 172 Å². The van der Waals surface area contributed by atoms with Crippen molar-refractivity contribution in [3.8, 4) is 11.5 Å². The van der Waals surface area contributed by atoms with E-state index in [4.69, 9.17) is 15.2 Å². The average molecular weight is 415 g/mol. The molecule has 2 aromatic carbocycles. The number of hydrogen-bond donors (Lipinski definition) is 2. The maximum Gasteiger partial charge on any atom is 0.261 e. The lowest BCUT2D eigenvalue weighted by Gasteiger charge is -2.23. The van der Waals surface area contributed by atoms with Gasteiger partial charge in [-0.05, 0) is 48.5 Å². The Balaban J connectivity index is 1.56. The third kappa shape index (κ3) is 5.20. The van der Waals surface area contributed by atoms with E-state index in [0.717, 1.165) is 0 Å². The minimum Gasteiger partial charge on any atom is -0.497 e. The van der Waals surface area contributed by atoms with Gasteiger partial charge in [-0.3, -0.25) is 14.4 Å². The Morgan fingerprint density at radius 2 is 1.76 bits per heavy atom. The normalized spacial score (nSPS) is 15.6. The summed E-state index contributed by atoms with van der Waals surface area (Å²) < 4.78 is 10.6. The molecule has 0 bridgehead atoms. The van der Waals surface area contributed by atoms with Crippen molar-refractivity contribution < 1.29 is 23.9 Å². The van der Waals surface area contributed by atoms with Crippen LogP contribution in [0.1, 0.15) is 10.4 Å². The van der Waals surface area contributed by atoms with Crippen LogP contribution < -0.4 is 20.5 Å². The Bertz CT molecular complexity index is 886. The highest BCUT2D eigenvalue weighted by Gasteiger charge is 2.34. The van der Waals surface area contributed by atoms with Crippen molar-refractivity contribution in [1.29, 1.82) is 0 Å². The molecule has 1 atom stereocenters. The van der Waals surface area contributed by atoms with E-state index in [2.05, 4.69) is 5.32 Å². The number of carbonyl (C=O) groups is 3. The first-order valence-corrected chi connectivity index (χ1v) is 9.98. The lowest BCUT2D eigenvalue weighted by molar-refractivity contribution is -0.137. The maximum atomic E-state index is 12.6. The number of carbonyl (C=O) groups excluding carboxylic acids is 3. The van der Waals surface area contributed by atoms with Gasteiger partial charge in [-0.15, -0.1) is 11.8 Å². The number of methoxy groups -OCH3 is 1. The topological polar surface area (TPSA) is 111 Å². The molecule has 3 amide bonds. The number of ether oxygens (including phenoxy) is 2. The molecule has 29 heavy (non-hydrogen) atoms. The number of benzene rings is 2. The third-order valence-electron chi connectivity index (χ3n) is 4.36. The molecule has 3 N–H and O–H groups in total. The molecule has 0 aliphatic carbocycles. The highest BCUT2D eigenvalue weighted by atomic mass is 32.2. The highest BCUT2D eigenvalue weighted by molar-refractivity contribution is 7.99. The van der Waals surface area contributed by atoms with Gasteiger partial charge in [0.25, 0.3) is 5.91 Å². The summed E-state index contributed by atoms with van der Waals surface area (Å²) in [4.78, 5) is 37.8. The summed E-state index contributed by atoms with van der Waals surface area (Å²) in [5, 5.41) is 2.82. The van der Waals surface area contributed by atoms with Crippen molar-refractivity contribution in [3.05, 3.63) is 54.1 Å². The summed E-state index contributed by atoms with van der Waals surface area (Å²) in [6.07, 6.45) is 0. The van der Waals surface area contributed by atoms with Crippen molar-refractivity contribution in [2.45, 2.75) is 6.04 Å². The van der Waals surface area contributed by atoms with Crippen LogP contribution in [-0.2, 0) is 9.59 Å². The summed E-state index contributed by atoms with van der Waals surface area (Å²) in [5.74, 6) is 0.993. The van der Waals surface area contributed by atoms with Crippen LogP contribution in [0.3, 0.4) is 0 Å². The zero-order valence-corrected chi connectivity index (χ0v) is 16.6. The molecule has 1 saturated heterocycles. The van der Waals surface area contributed by atoms with Gasteiger partial charge in [0.2, 0.25) is 11.8 Å². The van der Waals surface area contributed by atoms with Crippen LogP contribution >= 0.6 is 11.8 Å². The van der Waals surface area contributed by atoms with Crippen molar-refractivity contribution in [1.82, 2.24) is 4.90 Å². The lowest BCUT2D eigenvalue weighted by Crippen LogP contribution is -2.46. The minimum absolute atomic E-state index is 0.206.